The van der Waals surface area contributed by atoms with Crippen molar-refractivity contribution < 1.29 is 4.79 Å². The summed E-state index contributed by atoms with van der Waals surface area (Å²) in [4.78, 5) is 18.8. The Morgan fingerprint density at radius 2 is 2.33 bits per heavy atom. The van der Waals surface area contributed by atoms with E-state index in [0.29, 0.717) is 0 Å². The van der Waals surface area contributed by atoms with E-state index < -0.39 is 0 Å². The van der Waals surface area contributed by atoms with Gasteiger partial charge in [-0.15, -0.1) is 11.3 Å². The molecule has 3 rings (SSSR count). The lowest BCUT2D eigenvalue weighted by atomic mass is 10.1. The fourth-order valence-electron chi connectivity index (χ4n) is 3.13. The number of anilines is 1. The van der Waals surface area contributed by atoms with Crippen LogP contribution >= 0.6 is 11.3 Å². The molecule has 0 aliphatic carbocycles. The first kappa shape index (κ1) is 16.8. The van der Waals surface area contributed by atoms with Gasteiger partial charge in [0.1, 0.15) is 10.8 Å². The first-order valence-corrected chi connectivity index (χ1v) is 9.13. The van der Waals surface area contributed by atoms with Gasteiger partial charge in [0.05, 0.1) is 11.7 Å². The third-order valence-corrected chi connectivity index (χ3v) is 5.19. The molecule has 1 aliphatic heterocycles. The molecule has 2 amide bonds. The highest BCUT2D eigenvalue weighted by molar-refractivity contribution is 7.09. The molecule has 8 heteroatoms. The summed E-state index contributed by atoms with van der Waals surface area (Å²) < 4.78 is 1.91. The predicted octanol–water partition coefficient (Wildman–Crippen LogP) is 2.21. The van der Waals surface area contributed by atoms with Gasteiger partial charge in [-0.25, -0.2) is 9.78 Å². The van der Waals surface area contributed by atoms with E-state index in [-0.39, 0.29) is 18.1 Å². The van der Waals surface area contributed by atoms with Gasteiger partial charge in [0.15, 0.2) is 0 Å². The fraction of sp³-hybridized carbons (Fsp3) is 0.562. The van der Waals surface area contributed by atoms with Crippen molar-refractivity contribution in [2.24, 2.45) is 7.05 Å². The molecule has 7 nitrogen and oxygen atoms in total. The number of piperidine rings is 1. The average molecular weight is 348 g/mol. The Morgan fingerprint density at radius 1 is 1.50 bits per heavy atom. The van der Waals surface area contributed by atoms with Crippen molar-refractivity contribution in [1.82, 2.24) is 25.4 Å². The number of amides is 2. The summed E-state index contributed by atoms with van der Waals surface area (Å²) in [5.74, 6) is 1.11. The van der Waals surface area contributed by atoms with E-state index in [2.05, 4.69) is 31.7 Å². The molecule has 0 spiro atoms. The number of urea groups is 1. The van der Waals surface area contributed by atoms with Crippen molar-refractivity contribution in [2.45, 2.75) is 38.8 Å². The van der Waals surface area contributed by atoms with E-state index in [4.69, 9.17) is 0 Å². The van der Waals surface area contributed by atoms with Crippen LogP contribution in [0.4, 0.5) is 10.6 Å². The third-order valence-electron chi connectivity index (χ3n) is 4.23. The molecule has 2 aromatic heterocycles. The van der Waals surface area contributed by atoms with Gasteiger partial charge >= 0.3 is 6.03 Å². The number of aryl methyl sites for hydroxylation is 2. The van der Waals surface area contributed by atoms with Crippen molar-refractivity contribution in [3.63, 3.8) is 0 Å². The van der Waals surface area contributed by atoms with E-state index in [9.17, 15) is 4.79 Å². The highest BCUT2D eigenvalue weighted by atomic mass is 32.1. The quantitative estimate of drug-likeness (QED) is 0.888. The second kappa shape index (κ2) is 7.21. The Balaban J connectivity index is 1.55. The largest absolute Gasteiger partial charge is 0.355 e. The molecule has 24 heavy (non-hydrogen) atoms. The molecule has 0 unspecified atom stereocenters. The topological polar surface area (TPSA) is 75.1 Å². The van der Waals surface area contributed by atoms with Crippen molar-refractivity contribution in [3.8, 4) is 0 Å². The van der Waals surface area contributed by atoms with Crippen LogP contribution in [0.3, 0.4) is 0 Å². The zero-order valence-electron chi connectivity index (χ0n) is 14.3. The number of carbonyl (C=O) groups is 1. The van der Waals surface area contributed by atoms with Crippen LogP contribution < -0.4 is 15.5 Å². The molecule has 0 aromatic carbocycles. The second-order valence-electron chi connectivity index (χ2n) is 6.26. The van der Waals surface area contributed by atoms with Crippen LogP contribution in [0.25, 0.3) is 0 Å². The molecule has 3 heterocycles. The van der Waals surface area contributed by atoms with Gasteiger partial charge in [-0.1, -0.05) is 0 Å². The number of carbonyl (C=O) groups excluding carboxylic acids is 1. The van der Waals surface area contributed by atoms with Crippen LogP contribution in [0.15, 0.2) is 17.6 Å². The first-order valence-electron chi connectivity index (χ1n) is 8.25. The van der Waals surface area contributed by atoms with Crippen molar-refractivity contribution in [2.75, 3.05) is 18.0 Å². The standard InChI is InChI=1S/C16H24N6OS/c1-11-9-14(21(3)20-11)22-7-4-5-13(10-22)19-16(23)18-12(2)15-17-6-8-24-15/h6,8-9,12-13H,4-5,7,10H2,1-3H3,(H2,18,19,23)/t12-,13-/m1/s1. The Hall–Kier alpha value is -2.09. The lowest BCUT2D eigenvalue weighted by molar-refractivity contribution is 0.232. The van der Waals surface area contributed by atoms with Gasteiger partial charge in [0.2, 0.25) is 0 Å². The zero-order valence-corrected chi connectivity index (χ0v) is 15.1. The molecule has 0 saturated carbocycles. The van der Waals surface area contributed by atoms with Crippen molar-refractivity contribution in [3.05, 3.63) is 28.3 Å². The SMILES string of the molecule is Cc1cc(N2CCC[C@@H](NC(=O)N[C@H](C)c3nccs3)C2)n(C)n1. The zero-order chi connectivity index (χ0) is 17.1. The Morgan fingerprint density at radius 3 is 3.00 bits per heavy atom. The van der Waals surface area contributed by atoms with Crippen LogP contribution in [0.5, 0.6) is 0 Å². The maximum atomic E-state index is 12.2. The molecule has 130 valence electrons. The van der Waals surface area contributed by atoms with E-state index in [1.54, 1.807) is 17.5 Å². The Kier molecular flexibility index (Phi) is 5.03. The van der Waals surface area contributed by atoms with E-state index in [1.165, 1.54) is 0 Å². The summed E-state index contributed by atoms with van der Waals surface area (Å²) in [6, 6.07) is 2.01. The highest BCUT2D eigenvalue weighted by Gasteiger charge is 2.24. The molecule has 1 fully saturated rings. The number of rotatable bonds is 4. The summed E-state index contributed by atoms with van der Waals surface area (Å²) in [7, 11) is 1.96. The molecule has 2 atom stereocenters. The van der Waals surface area contributed by atoms with Gasteiger partial charge in [-0.2, -0.15) is 5.10 Å². The van der Waals surface area contributed by atoms with Crippen molar-refractivity contribution in [1.29, 1.82) is 0 Å². The summed E-state index contributed by atoms with van der Waals surface area (Å²) in [6.45, 7) is 5.74. The van der Waals surface area contributed by atoms with Crippen molar-refractivity contribution >= 4 is 23.2 Å². The minimum Gasteiger partial charge on any atom is -0.355 e. The van der Waals surface area contributed by atoms with Gasteiger partial charge in [0.25, 0.3) is 0 Å². The number of nitrogens with zero attached hydrogens (tertiary/aromatic N) is 4. The summed E-state index contributed by atoms with van der Waals surface area (Å²) in [5, 5.41) is 13.3. The molecule has 0 radical (unpaired) electrons. The van der Waals surface area contributed by atoms with E-state index in [0.717, 1.165) is 42.5 Å². The Labute approximate surface area is 146 Å². The molecule has 0 bridgehead atoms. The van der Waals surface area contributed by atoms with Crippen LogP contribution in [0.1, 0.15) is 36.5 Å². The molecule has 1 aliphatic rings. The number of aromatic nitrogens is 3. The molecule has 2 aromatic rings. The predicted molar refractivity (Wildman–Crippen MR) is 95.4 cm³/mol. The Bertz CT molecular complexity index is 683. The fourth-order valence-corrected chi connectivity index (χ4v) is 3.78. The van der Waals surface area contributed by atoms with Gasteiger partial charge < -0.3 is 15.5 Å². The summed E-state index contributed by atoms with van der Waals surface area (Å²) in [6.07, 6.45) is 3.80. The van der Waals surface area contributed by atoms with E-state index >= 15 is 0 Å². The third kappa shape index (κ3) is 3.87. The number of hydrogen-bond donors (Lipinski definition) is 2. The minimum atomic E-state index is -0.134. The number of nitrogens with one attached hydrogen (secondary N) is 2. The lowest BCUT2D eigenvalue weighted by Crippen LogP contribution is -2.51. The average Bonchev–Trinajstić information content (AvgIpc) is 3.17. The van der Waals surface area contributed by atoms with Crippen LogP contribution in [0.2, 0.25) is 0 Å². The molecular weight excluding hydrogens is 324 g/mol. The maximum absolute atomic E-state index is 12.2. The molecule has 1 saturated heterocycles. The summed E-state index contributed by atoms with van der Waals surface area (Å²) >= 11 is 1.55. The van der Waals surface area contributed by atoms with E-state index in [1.807, 2.05) is 31.0 Å². The van der Waals surface area contributed by atoms with Gasteiger partial charge in [0, 0.05) is 43.8 Å². The highest BCUT2D eigenvalue weighted by Crippen LogP contribution is 2.20. The van der Waals surface area contributed by atoms with Crippen LogP contribution in [-0.2, 0) is 7.05 Å². The second-order valence-corrected chi connectivity index (χ2v) is 7.19. The minimum absolute atomic E-state index is 0.0792. The number of hydrogen-bond acceptors (Lipinski definition) is 5. The van der Waals surface area contributed by atoms with Crippen LogP contribution in [-0.4, -0.2) is 39.9 Å². The van der Waals surface area contributed by atoms with Gasteiger partial charge in [-0.05, 0) is 26.7 Å². The summed E-state index contributed by atoms with van der Waals surface area (Å²) in [5.41, 5.74) is 1.01. The molecule has 2 N–H and O–H groups in total. The monoisotopic (exact) mass is 348 g/mol. The lowest BCUT2D eigenvalue weighted by Gasteiger charge is -2.34. The van der Waals surface area contributed by atoms with Gasteiger partial charge in [-0.3, -0.25) is 4.68 Å². The van der Waals surface area contributed by atoms with Crippen LogP contribution in [0, 0.1) is 6.92 Å². The number of thiazole rings is 1. The first-order chi connectivity index (χ1) is 11.5. The normalized spacial score (nSPS) is 19.1. The maximum Gasteiger partial charge on any atom is 0.315 e. The molecular formula is C16H24N6OS. The smallest absolute Gasteiger partial charge is 0.315 e.